The Morgan fingerprint density at radius 1 is 1.53 bits per heavy atom. The number of nitrogens with one attached hydrogen (secondary N) is 3. The summed E-state index contributed by atoms with van der Waals surface area (Å²) in [6.45, 7) is 2.46. The molecule has 3 N–H and O–H groups in total. The zero-order chi connectivity index (χ0) is 13.8. The number of carbonyl (C=O) groups is 2. The van der Waals surface area contributed by atoms with Gasteiger partial charge in [0, 0.05) is 24.2 Å². The largest absolute Gasteiger partial charge is 0.482 e. The Morgan fingerprint density at radius 3 is 3.05 bits per heavy atom. The van der Waals surface area contributed by atoms with Gasteiger partial charge in [-0.2, -0.15) is 0 Å². The Hall–Kier alpha value is -2.08. The number of rotatable bonds is 4. The molecule has 102 valence electrons. The van der Waals surface area contributed by atoms with Crippen LogP contribution in [-0.2, 0) is 9.59 Å². The first-order valence-electron chi connectivity index (χ1n) is 6.12. The Bertz CT molecular complexity index is 502. The molecule has 1 unspecified atom stereocenters. The minimum absolute atomic E-state index is 0.000553. The SMILES string of the molecule is CNCC(C)C(=O)Nc1ccc2c(c1)OCC(=O)N2. The highest BCUT2D eigenvalue weighted by atomic mass is 16.5. The minimum atomic E-state index is -0.174. The van der Waals surface area contributed by atoms with Gasteiger partial charge in [-0.3, -0.25) is 9.59 Å². The third kappa shape index (κ3) is 3.23. The van der Waals surface area contributed by atoms with E-state index >= 15 is 0 Å². The highest BCUT2D eigenvalue weighted by Crippen LogP contribution is 2.30. The van der Waals surface area contributed by atoms with Crippen LogP contribution in [0.5, 0.6) is 5.75 Å². The molecule has 1 aromatic rings. The highest BCUT2D eigenvalue weighted by Gasteiger charge is 2.17. The second kappa shape index (κ2) is 5.71. The van der Waals surface area contributed by atoms with Crippen molar-refractivity contribution in [2.45, 2.75) is 6.92 Å². The molecule has 0 spiro atoms. The van der Waals surface area contributed by atoms with Crippen molar-refractivity contribution >= 4 is 23.2 Å². The van der Waals surface area contributed by atoms with Crippen molar-refractivity contribution in [3.05, 3.63) is 18.2 Å². The Balaban J connectivity index is 2.06. The molecule has 0 aromatic heterocycles. The van der Waals surface area contributed by atoms with Gasteiger partial charge in [0.2, 0.25) is 5.91 Å². The summed E-state index contributed by atoms with van der Waals surface area (Å²) >= 11 is 0. The van der Waals surface area contributed by atoms with E-state index in [4.69, 9.17) is 4.74 Å². The number of carbonyl (C=O) groups excluding carboxylic acids is 2. The topological polar surface area (TPSA) is 79.5 Å². The van der Waals surface area contributed by atoms with Gasteiger partial charge in [0.15, 0.2) is 6.61 Å². The summed E-state index contributed by atoms with van der Waals surface area (Å²) < 4.78 is 5.29. The average Bonchev–Trinajstić information content (AvgIpc) is 2.39. The maximum atomic E-state index is 11.9. The number of hydrogen-bond donors (Lipinski definition) is 3. The van der Waals surface area contributed by atoms with E-state index in [1.807, 2.05) is 6.92 Å². The first kappa shape index (κ1) is 13.4. The first-order valence-corrected chi connectivity index (χ1v) is 6.12. The molecule has 0 saturated heterocycles. The molecule has 6 nitrogen and oxygen atoms in total. The van der Waals surface area contributed by atoms with Crippen LogP contribution in [0, 0.1) is 5.92 Å². The smallest absolute Gasteiger partial charge is 0.262 e. The fraction of sp³-hybridized carbons (Fsp3) is 0.385. The van der Waals surface area contributed by atoms with Crippen LogP contribution in [0.25, 0.3) is 0 Å². The molecule has 0 bridgehead atoms. The Kier molecular flexibility index (Phi) is 4.01. The van der Waals surface area contributed by atoms with Crippen molar-refractivity contribution in [2.75, 3.05) is 30.8 Å². The summed E-state index contributed by atoms with van der Waals surface area (Å²) in [5, 5.41) is 8.47. The monoisotopic (exact) mass is 263 g/mol. The zero-order valence-electron chi connectivity index (χ0n) is 10.9. The van der Waals surface area contributed by atoms with E-state index in [0.717, 1.165) is 0 Å². The van der Waals surface area contributed by atoms with E-state index in [1.54, 1.807) is 25.2 Å². The van der Waals surface area contributed by atoms with E-state index in [9.17, 15) is 9.59 Å². The second-order valence-corrected chi connectivity index (χ2v) is 4.50. The van der Waals surface area contributed by atoms with Crippen LogP contribution < -0.4 is 20.7 Å². The molecule has 0 saturated carbocycles. The van der Waals surface area contributed by atoms with Crippen LogP contribution in [-0.4, -0.2) is 32.0 Å². The van der Waals surface area contributed by atoms with Crippen LogP contribution in [0.4, 0.5) is 11.4 Å². The molecule has 19 heavy (non-hydrogen) atoms. The summed E-state index contributed by atoms with van der Waals surface area (Å²) in [7, 11) is 1.80. The standard InChI is InChI=1S/C13H17N3O3/c1-8(6-14-2)13(18)15-9-3-4-10-11(5-9)19-7-12(17)16-10/h3-5,8,14H,6-7H2,1-2H3,(H,15,18)(H,16,17). The average molecular weight is 263 g/mol. The predicted molar refractivity (Wildman–Crippen MR) is 72.3 cm³/mol. The first-order chi connectivity index (χ1) is 9.10. The predicted octanol–water partition coefficient (Wildman–Crippen LogP) is 0.811. The van der Waals surface area contributed by atoms with Crippen molar-refractivity contribution in [3.8, 4) is 5.75 Å². The van der Waals surface area contributed by atoms with Gasteiger partial charge in [-0.1, -0.05) is 6.92 Å². The van der Waals surface area contributed by atoms with E-state index in [0.29, 0.717) is 23.7 Å². The number of anilines is 2. The van der Waals surface area contributed by atoms with Gasteiger partial charge >= 0.3 is 0 Å². The number of fused-ring (bicyclic) bond motifs is 1. The fourth-order valence-electron chi connectivity index (χ4n) is 1.82. The van der Waals surface area contributed by atoms with Gasteiger partial charge in [0.1, 0.15) is 5.75 Å². The van der Waals surface area contributed by atoms with Crippen molar-refractivity contribution < 1.29 is 14.3 Å². The van der Waals surface area contributed by atoms with Crippen molar-refractivity contribution in [1.82, 2.24) is 5.32 Å². The van der Waals surface area contributed by atoms with E-state index < -0.39 is 0 Å². The lowest BCUT2D eigenvalue weighted by atomic mass is 10.1. The number of hydrogen-bond acceptors (Lipinski definition) is 4. The van der Waals surface area contributed by atoms with Crippen LogP contribution in [0.2, 0.25) is 0 Å². The maximum Gasteiger partial charge on any atom is 0.262 e. The van der Waals surface area contributed by atoms with E-state index in [-0.39, 0.29) is 24.3 Å². The minimum Gasteiger partial charge on any atom is -0.482 e. The molecule has 6 heteroatoms. The maximum absolute atomic E-state index is 11.9. The molecule has 1 aromatic carbocycles. The third-order valence-corrected chi connectivity index (χ3v) is 2.84. The summed E-state index contributed by atoms with van der Waals surface area (Å²) in [5.41, 5.74) is 1.28. The molecular formula is C13H17N3O3. The van der Waals surface area contributed by atoms with Crippen LogP contribution in [0.15, 0.2) is 18.2 Å². The number of ether oxygens (including phenoxy) is 1. The van der Waals surface area contributed by atoms with Crippen molar-refractivity contribution in [3.63, 3.8) is 0 Å². The van der Waals surface area contributed by atoms with Gasteiger partial charge in [0.05, 0.1) is 5.69 Å². The normalized spacial score (nSPS) is 14.9. The molecule has 2 amide bonds. The lowest BCUT2D eigenvalue weighted by molar-refractivity contribution is -0.119. The third-order valence-electron chi connectivity index (χ3n) is 2.84. The summed E-state index contributed by atoms with van der Waals surface area (Å²) in [4.78, 5) is 23.0. The number of benzene rings is 1. The second-order valence-electron chi connectivity index (χ2n) is 4.50. The summed E-state index contributed by atoms with van der Waals surface area (Å²) in [6.07, 6.45) is 0. The molecular weight excluding hydrogens is 246 g/mol. The molecule has 1 aliphatic heterocycles. The molecule has 0 aliphatic carbocycles. The van der Waals surface area contributed by atoms with Gasteiger partial charge in [0.25, 0.3) is 5.91 Å². The summed E-state index contributed by atoms with van der Waals surface area (Å²) in [5.74, 6) is 0.210. The fourth-order valence-corrected chi connectivity index (χ4v) is 1.82. The lowest BCUT2D eigenvalue weighted by Gasteiger charge is -2.19. The van der Waals surface area contributed by atoms with Crippen LogP contribution >= 0.6 is 0 Å². The molecule has 1 atom stereocenters. The van der Waals surface area contributed by atoms with Gasteiger partial charge in [-0.25, -0.2) is 0 Å². The van der Waals surface area contributed by atoms with E-state index in [2.05, 4.69) is 16.0 Å². The van der Waals surface area contributed by atoms with Crippen LogP contribution in [0.1, 0.15) is 6.92 Å². The molecule has 2 rings (SSSR count). The Morgan fingerprint density at radius 2 is 2.32 bits per heavy atom. The van der Waals surface area contributed by atoms with Gasteiger partial charge < -0.3 is 20.7 Å². The van der Waals surface area contributed by atoms with Crippen molar-refractivity contribution in [1.29, 1.82) is 0 Å². The quantitative estimate of drug-likeness (QED) is 0.751. The molecule has 0 fully saturated rings. The van der Waals surface area contributed by atoms with Crippen molar-refractivity contribution in [2.24, 2.45) is 5.92 Å². The number of amides is 2. The molecule has 0 radical (unpaired) electrons. The zero-order valence-corrected chi connectivity index (χ0v) is 10.9. The molecule has 1 heterocycles. The lowest BCUT2D eigenvalue weighted by Crippen LogP contribution is -2.29. The highest BCUT2D eigenvalue weighted by molar-refractivity contribution is 5.97. The Labute approximate surface area is 111 Å². The van der Waals surface area contributed by atoms with Gasteiger partial charge in [-0.05, 0) is 19.2 Å². The van der Waals surface area contributed by atoms with E-state index in [1.165, 1.54) is 0 Å². The van der Waals surface area contributed by atoms with Crippen LogP contribution in [0.3, 0.4) is 0 Å². The van der Waals surface area contributed by atoms with Gasteiger partial charge in [-0.15, -0.1) is 0 Å². The summed E-state index contributed by atoms with van der Waals surface area (Å²) in [6, 6.07) is 5.15. The molecule has 1 aliphatic rings.